The van der Waals surface area contributed by atoms with Crippen LogP contribution in [0.15, 0.2) is 42.6 Å². The zero-order chi connectivity index (χ0) is 24.6. The first-order valence-corrected chi connectivity index (χ1v) is 10.8. The van der Waals surface area contributed by atoms with E-state index >= 15 is 0 Å². The van der Waals surface area contributed by atoms with E-state index in [-0.39, 0.29) is 35.4 Å². The molecule has 0 aliphatic carbocycles. The van der Waals surface area contributed by atoms with Crippen LogP contribution in [0.1, 0.15) is 55.9 Å². The van der Waals surface area contributed by atoms with E-state index in [4.69, 9.17) is 25.1 Å². The molecule has 1 aliphatic rings. The van der Waals surface area contributed by atoms with Gasteiger partial charge in [0.1, 0.15) is 11.9 Å². The monoisotopic (exact) mass is 462 g/mol. The van der Waals surface area contributed by atoms with Gasteiger partial charge in [0.05, 0.1) is 13.2 Å². The van der Waals surface area contributed by atoms with Crippen LogP contribution in [0.3, 0.4) is 0 Å². The van der Waals surface area contributed by atoms with Gasteiger partial charge in [0.25, 0.3) is 5.91 Å². The van der Waals surface area contributed by atoms with E-state index in [0.29, 0.717) is 12.2 Å². The zero-order valence-electron chi connectivity index (χ0n) is 19.4. The highest BCUT2D eigenvalue weighted by atomic mass is 16.5. The lowest BCUT2D eigenvalue weighted by atomic mass is 10.0. The summed E-state index contributed by atoms with van der Waals surface area (Å²) in [6, 6.07) is 10.1. The van der Waals surface area contributed by atoms with Crippen LogP contribution >= 0.6 is 0 Å². The van der Waals surface area contributed by atoms with Crippen molar-refractivity contribution in [2.45, 2.75) is 57.7 Å². The third-order valence-corrected chi connectivity index (χ3v) is 4.76. The molecule has 1 aliphatic heterocycles. The number of nitrogens with two attached hydrogens (primary N) is 1. The van der Waals surface area contributed by atoms with Gasteiger partial charge in [-0.15, -0.1) is 0 Å². The van der Waals surface area contributed by atoms with Gasteiger partial charge < -0.3 is 30.2 Å². The predicted molar refractivity (Wildman–Crippen MR) is 123 cm³/mol. The standard InChI is InChI=1S/C11H20O3.C7H8N2O3.C6H6O/c1-9-8-10(13-2)6-4-3-5-7-11(12)14-9;1-12-4-2-3-9-5(6(4)10)7(8)11;7-6-4-2-1-3-5-6/h9-10H,3-8H2,1-2H3;2-3,10H,1H3,(H2,8,11);1-5,7H. The van der Waals surface area contributed by atoms with Crippen molar-refractivity contribution >= 4 is 11.9 Å². The van der Waals surface area contributed by atoms with Crippen molar-refractivity contribution in [2.75, 3.05) is 14.2 Å². The molecule has 0 bridgehead atoms. The maximum atomic E-state index is 11.2. The fourth-order valence-corrected chi connectivity index (χ4v) is 3.06. The van der Waals surface area contributed by atoms with Crippen LogP contribution in [-0.4, -0.2) is 53.5 Å². The molecule has 182 valence electrons. The summed E-state index contributed by atoms with van der Waals surface area (Å²) in [5.41, 5.74) is 4.74. The highest BCUT2D eigenvalue weighted by Gasteiger charge is 2.17. The van der Waals surface area contributed by atoms with Gasteiger partial charge in [-0.05, 0) is 31.9 Å². The van der Waals surface area contributed by atoms with Crippen LogP contribution in [-0.2, 0) is 14.3 Å². The summed E-state index contributed by atoms with van der Waals surface area (Å²) in [6.45, 7) is 1.94. The van der Waals surface area contributed by atoms with Gasteiger partial charge >= 0.3 is 5.97 Å². The third kappa shape index (κ3) is 11.2. The number of methoxy groups -OCH3 is 2. The second kappa shape index (κ2) is 15.5. The lowest BCUT2D eigenvalue weighted by Gasteiger charge is -2.21. The number of rotatable bonds is 3. The Morgan fingerprint density at radius 1 is 1.12 bits per heavy atom. The van der Waals surface area contributed by atoms with Gasteiger partial charge in [-0.25, -0.2) is 4.98 Å². The number of hydrogen-bond acceptors (Lipinski definition) is 8. The van der Waals surface area contributed by atoms with Gasteiger partial charge in [0.15, 0.2) is 17.2 Å². The highest BCUT2D eigenvalue weighted by molar-refractivity contribution is 5.94. The molecule has 33 heavy (non-hydrogen) atoms. The molecule has 2 heterocycles. The van der Waals surface area contributed by atoms with E-state index < -0.39 is 5.91 Å². The second-order valence-electron chi connectivity index (χ2n) is 7.40. The number of carbonyl (C=O) groups excluding carboxylic acids is 2. The molecule has 0 spiro atoms. The van der Waals surface area contributed by atoms with E-state index in [0.717, 1.165) is 32.1 Å². The molecule has 3 rings (SSSR count). The molecule has 1 aromatic heterocycles. The average molecular weight is 463 g/mol. The Morgan fingerprint density at radius 2 is 1.82 bits per heavy atom. The summed E-state index contributed by atoms with van der Waals surface area (Å²) in [7, 11) is 3.10. The van der Waals surface area contributed by atoms with E-state index in [1.807, 2.05) is 13.0 Å². The molecule has 4 N–H and O–H groups in total. The Labute approximate surface area is 194 Å². The van der Waals surface area contributed by atoms with Crippen molar-refractivity contribution in [3.63, 3.8) is 0 Å². The number of primary amides is 1. The highest BCUT2D eigenvalue weighted by Crippen LogP contribution is 2.26. The number of pyridine rings is 1. The van der Waals surface area contributed by atoms with Crippen LogP contribution in [0.5, 0.6) is 17.2 Å². The van der Waals surface area contributed by atoms with Crippen molar-refractivity contribution in [3.8, 4) is 17.2 Å². The fourth-order valence-electron chi connectivity index (χ4n) is 3.06. The van der Waals surface area contributed by atoms with Gasteiger partial charge in [-0.1, -0.05) is 31.0 Å². The number of nitrogens with zero attached hydrogens (tertiary/aromatic N) is 1. The van der Waals surface area contributed by atoms with Crippen LogP contribution < -0.4 is 10.5 Å². The smallest absolute Gasteiger partial charge is 0.306 e. The first-order chi connectivity index (χ1) is 15.8. The van der Waals surface area contributed by atoms with Gasteiger partial charge in [-0.2, -0.15) is 0 Å². The minimum Gasteiger partial charge on any atom is -0.508 e. The fraction of sp³-hybridized carbons (Fsp3) is 0.458. The molecule has 1 fully saturated rings. The Morgan fingerprint density at radius 3 is 2.36 bits per heavy atom. The molecule has 9 nitrogen and oxygen atoms in total. The van der Waals surface area contributed by atoms with E-state index in [1.54, 1.807) is 31.4 Å². The molecule has 2 atom stereocenters. The Bertz CT molecular complexity index is 846. The summed E-state index contributed by atoms with van der Waals surface area (Å²) >= 11 is 0. The maximum Gasteiger partial charge on any atom is 0.306 e. The molecule has 1 saturated heterocycles. The molecular weight excluding hydrogens is 428 g/mol. The molecule has 1 aromatic carbocycles. The SMILES string of the molecule is COC1CCCCCC(=O)OC(C)C1.COc1ccnc(C(N)=O)c1O.Oc1ccccc1. The quantitative estimate of drug-likeness (QED) is 0.588. The number of amides is 1. The van der Waals surface area contributed by atoms with Gasteiger partial charge in [0.2, 0.25) is 0 Å². The Balaban J connectivity index is 0.000000260. The van der Waals surface area contributed by atoms with Crippen LogP contribution in [0.4, 0.5) is 0 Å². The first-order valence-electron chi connectivity index (χ1n) is 10.8. The molecule has 9 heteroatoms. The van der Waals surface area contributed by atoms with E-state index in [9.17, 15) is 14.7 Å². The molecular formula is C24H34N2O7. The van der Waals surface area contributed by atoms with Crippen molar-refractivity contribution in [2.24, 2.45) is 5.73 Å². The van der Waals surface area contributed by atoms with Crippen molar-refractivity contribution < 1.29 is 34.0 Å². The lowest BCUT2D eigenvalue weighted by Crippen LogP contribution is -2.23. The number of para-hydroxylation sites is 1. The van der Waals surface area contributed by atoms with Crippen LogP contribution in [0, 0.1) is 0 Å². The number of hydrogen-bond donors (Lipinski definition) is 3. The Kier molecular flexibility index (Phi) is 13.0. The van der Waals surface area contributed by atoms with Crippen LogP contribution in [0.25, 0.3) is 0 Å². The lowest BCUT2D eigenvalue weighted by molar-refractivity contribution is -0.150. The third-order valence-electron chi connectivity index (χ3n) is 4.76. The average Bonchev–Trinajstić information content (AvgIpc) is 2.79. The number of phenols is 1. The number of benzene rings is 1. The Hall–Kier alpha value is -3.33. The normalized spacial score (nSPS) is 18.3. The molecule has 2 aromatic rings. The number of carbonyl (C=O) groups is 2. The van der Waals surface area contributed by atoms with Gasteiger partial charge in [0, 0.05) is 32.2 Å². The topological polar surface area (TPSA) is 141 Å². The first kappa shape index (κ1) is 27.7. The number of cyclic esters (lactones) is 1. The molecule has 0 radical (unpaired) electrons. The van der Waals surface area contributed by atoms with E-state index in [1.165, 1.54) is 19.4 Å². The number of aromatic nitrogens is 1. The van der Waals surface area contributed by atoms with Crippen LogP contribution in [0.2, 0.25) is 0 Å². The predicted octanol–water partition coefficient (Wildman–Crippen LogP) is 3.57. The minimum atomic E-state index is -0.786. The summed E-state index contributed by atoms with van der Waals surface area (Å²) in [5.74, 6) is -0.672. The van der Waals surface area contributed by atoms with Crippen molar-refractivity contribution in [1.82, 2.24) is 4.98 Å². The van der Waals surface area contributed by atoms with E-state index in [2.05, 4.69) is 4.98 Å². The zero-order valence-corrected chi connectivity index (χ0v) is 19.4. The van der Waals surface area contributed by atoms with Crippen molar-refractivity contribution in [3.05, 3.63) is 48.3 Å². The molecule has 0 saturated carbocycles. The summed E-state index contributed by atoms with van der Waals surface area (Å²) in [5, 5.41) is 17.9. The van der Waals surface area contributed by atoms with Gasteiger partial charge in [-0.3, -0.25) is 9.59 Å². The summed E-state index contributed by atoms with van der Waals surface area (Å²) in [6.07, 6.45) is 7.24. The number of aromatic hydroxyl groups is 2. The molecule has 1 amide bonds. The number of ether oxygens (including phenoxy) is 3. The summed E-state index contributed by atoms with van der Waals surface area (Å²) < 4.78 is 15.3. The largest absolute Gasteiger partial charge is 0.508 e. The van der Waals surface area contributed by atoms with Crippen molar-refractivity contribution in [1.29, 1.82) is 0 Å². The number of esters is 1. The molecule has 2 unspecified atom stereocenters. The minimum absolute atomic E-state index is 0.00875. The second-order valence-corrected chi connectivity index (χ2v) is 7.40. The maximum absolute atomic E-state index is 11.2. The number of phenolic OH excluding ortho intramolecular Hbond substituents is 1. The summed E-state index contributed by atoms with van der Waals surface area (Å²) in [4.78, 5) is 25.5.